The van der Waals surface area contributed by atoms with Gasteiger partial charge in [0.25, 0.3) is 5.91 Å². The first-order chi connectivity index (χ1) is 9.22. The first kappa shape index (κ1) is 16.8. The van der Waals surface area contributed by atoms with Gasteiger partial charge in [-0.2, -0.15) is 0 Å². The Bertz CT molecular complexity index is 524. The normalized spacial score (nSPS) is 10.1. The van der Waals surface area contributed by atoms with E-state index in [2.05, 4.69) is 16.8 Å². The Balaban J connectivity index is 0.00000200. The molecule has 0 unspecified atom stereocenters. The first-order valence-electron chi connectivity index (χ1n) is 6.30. The summed E-state index contributed by atoms with van der Waals surface area (Å²) in [6.45, 7) is 2.26. The fourth-order valence-corrected chi connectivity index (χ4v) is 2.60. The van der Waals surface area contributed by atoms with Gasteiger partial charge >= 0.3 is 0 Å². The van der Waals surface area contributed by atoms with E-state index in [1.165, 1.54) is 4.88 Å². The van der Waals surface area contributed by atoms with E-state index in [4.69, 9.17) is 0 Å². The van der Waals surface area contributed by atoms with Crippen LogP contribution in [0.15, 0.2) is 35.8 Å². The number of rotatable bonds is 6. The number of carbonyl (C=O) groups is 1. The number of hydrogen-bond donors (Lipinski definition) is 1. The van der Waals surface area contributed by atoms with E-state index in [1.54, 1.807) is 16.2 Å². The Morgan fingerprint density at radius 2 is 2.20 bits per heavy atom. The molecule has 110 valence electrons. The number of hydrogen-bond acceptors (Lipinski definition) is 3. The molecule has 2 aromatic rings. The zero-order valence-corrected chi connectivity index (χ0v) is 13.3. The third kappa shape index (κ3) is 4.10. The van der Waals surface area contributed by atoms with Crippen LogP contribution in [0.3, 0.4) is 0 Å². The van der Waals surface area contributed by atoms with Gasteiger partial charge in [0.2, 0.25) is 0 Å². The molecule has 0 aliphatic rings. The van der Waals surface area contributed by atoms with Crippen LogP contribution in [0.2, 0.25) is 0 Å². The van der Waals surface area contributed by atoms with Crippen molar-refractivity contribution in [2.45, 2.75) is 6.54 Å². The fraction of sp³-hybridized carbons (Fsp3) is 0.357. The summed E-state index contributed by atoms with van der Waals surface area (Å²) >= 11 is 1.71. The lowest BCUT2D eigenvalue weighted by Crippen LogP contribution is -2.34. The van der Waals surface area contributed by atoms with Gasteiger partial charge in [0.05, 0.1) is 6.54 Å². The van der Waals surface area contributed by atoms with E-state index in [9.17, 15) is 4.79 Å². The number of aromatic nitrogens is 1. The second-order valence-corrected chi connectivity index (χ2v) is 5.46. The highest BCUT2D eigenvalue weighted by Crippen LogP contribution is 2.14. The Morgan fingerprint density at radius 3 is 2.85 bits per heavy atom. The summed E-state index contributed by atoms with van der Waals surface area (Å²) in [5, 5.41) is 5.11. The fourth-order valence-electron chi connectivity index (χ4n) is 1.89. The Morgan fingerprint density at radius 1 is 1.40 bits per heavy atom. The largest absolute Gasteiger partial charge is 0.339 e. The summed E-state index contributed by atoms with van der Waals surface area (Å²) in [5.41, 5.74) is 0.743. The number of thiophene rings is 1. The molecule has 0 aromatic carbocycles. The van der Waals surface area contributed by atoms with Crippen molar-refractivity contribution in [3.8, 4) is 0 Å². The second-order valence-electron chi connectivity index (χ2n) is 4.43. The minimum absolute atomic E-state index is 0. The van der Waals surface area contributed by atoms with E-state index in [0.29, 0.717) is 6.54 Å². The van der Waals surface area contributed by atoms with Crippen molar-refractivity contribution in [2.75, 3.05) is 27.2 Å². The molecule has 1 amide bonds. The molecule has 0 saturated carbocycles. The van der Waals surface area contributed by atoms with Gasteiger partial charge in [-0.1, -0.05) is 6.07 Å². The van der Waals surface area contributed by atoms with E-state index < -0.39 is 0 Å². The predicted octanol–water partition coefficient (Wildman–Crippen LogP) is 2.31. The third-order valence-corrected chi connectivity index (χ3v) is 3.86. The topological polar surface area (TPSA) is 37.3 Å². The van der Waals surface area contributed by atoms with Crippen LogP contribution in [0.25, 0.3) is 0 Å². The van der Waals surface area contributed by atoms with Crippen molar-refractivity contribution in [3.63, 3.8) is 0 Å². The van der Waals surface area contributed by atoms with Crippen molar-refractivity contribution < 1.29 is 4.79 Å². The highest BCUT2D eigenvalue weighted by molar-refractivity contribution is 7.09. The molecule has 1 N–H and O–H groups in total. The van der Waals surface area contributed by atoms with Crippen LogP contribution in [0.1, 0.15) is 15.4 Å². The zero-order valence-electron chi connectivity index (χ0n) is 11.7. The van der Waals surface area contributed by atoms with E-state index in [0.717, 1.165) is 18.8 Å². The van der Waals surface area contributed by atoms with Crippen LogP contribution in [-0.4, -0.2) is 42.6 Å². The van der Waals surface area contributed by atoms with Gasteiger partial charge in [0.15, 0.2) is 0 Å². The number of halogens is 1. The van der Waals surface area contributed by atoms with Crippen LogP contribution in [0, 0.1) is 0 Å². The predicted molar refractivity (Wildman–Crippen MR) is 86.0 cm³/mol. The molecule has 2 aromatic heterocycles. The number of likely N-dealkylation sites (N-methyl/N-ethyl adjacent to an activating group) is 2. The molecule has 0 spiro atoms. The van der Waals surface area contributed by atoms with E-state index in [1.807, 2.05) is 43.1 Å². The maximum atomic E-state index is 12.3. The average molecular weight is 314 g/mol. The number of amides is 1. The summed E-state index contributed by atoms with van der Waals surface area (Å²) in [6.07, 6.45) is 1.96. The molecule has 0 fully saturated rings. The smallest absolute Gasteiger partial charge is 0.270 e. The number of carbonyl (C=O) groups excluding carboxylic acids is 1. The van der Waals surface area contributed by atoms with E-state index in [-0.39, 0.29) is 18.3 Å². The van der Waals surface area contributed by atoms with Crippen LogP contribution >= 0.6 is 23.7 Å². The third-order valence-electron chi connectivity index (χ3n) is 3.00. The summed E-state index contributed by atoms with van der Waals surface area (Å²) in [6, 6.07) is 7.92. The first-order valence-corrected chi connectivity index (χ1v) is 7.18. The molecule has 0 bridgehead atoms. The van der Waals surface area contributed by atoms with Crippen molar-refractivity contribution in [1.29, 1.82) is 0 Å². The SMILES string of the molecule is CNCCN(C)C(=O)c1cccn1Cc1cccs1.Cl. The lowest BCUT2D eigenvalue weighted by atomic mass is 10.3. The van der Waals surface area contributed by atoms with Crippen molar-refractivity contribution in [1.82, 2.24) is 14.8 Å². The summed E-state index contributed by atoms with van der Waals surface area (Å²) in [7, 11) is 3.72. The van der Waals surface area contributed by atoms with Gasteiger partial charge in [-0.15, -0.1) is 23.7 Å². The molecule has 0 aliphatic heterocycles. The number of nitrogens with zero attached hydrogens (tertiary/aromatic N) is 2. The molecule has 6 heteroatoms. The van der Waals surface area contributed by atoms with Crippen LogP contribution in [0.4, 0.5) is 0 Å². The quantitative estimate of drug-likeness (QED) is 0.888. The summed E-state index contributed by atoms with van der Waals surface area (Å²) in [5.74, 6) is 0.0665. The molecule has 2 heterocycles. The molecule has 2 rings (SSSR count). The van der Waals surface area contributed by atoms with Gasteiger partial charge in [-0.25, -0.2) is 0 Å². The maximum absolute atomic E-state index is 12.3. The molecule has 0 saturated heterocycles. The monoisotopic (exact) mass is 313 g/mol. The molecule has 0 atom stereocenters. The van der Waals surface area contributed by atoms with Crippen LogP contribution < -0.4 is 5.32 Å². The standard InChI is InChI=1S/C14H19N3OS.ClH/c1-15-7-9-16(2)14(18)13-6-3-8-17(13)11-12-5-4-10-19-12;/h3-6,8,10,15H,7,9,11H2,1-2H3;1H. The molecule has 20 heavy (non-hydrogen) atoms. The zero-order chi connectivity index (χ0) is 13.7. The van der Waals surface area contributed by atoms with Crippen molar-refractivity contribution in [3.05, 3.63) is 46.4 Å². The highest BCUT2D eigenvalue weighted by Gasteiger charge is 2.15. The van der Waals surface area contributed by atoms with Gasteiger partial charge in [0.1, 0.15) is 5.69 Å². The van der Waals surface area contributed by atoms with Crippen LogP contribution in [-0.2, 0) is 6.54 Å². The van der Waals surface area contributed by atoms with Gasteiger partial charge in [-0.05, 0) is 30.6 Å². The van der Waals surface area contributed by atoms with Gasteiger partial charge in [-0.3, -0.25) is 4.79 Å². The van der Waals surface area contributed by atoms with Crippen molar-refractivity contribution >= 4 is 29.7 Å². The Labute approximate surface area is 129 Å². The highest BCUT2D eigenvalue weighted by atomic mass is 35.5. The Hall–Kier alpha value is -1.30. The Kier molecular flexibility index (Phi) is 6.78. The average Bonchev–Trinajstić information content (AvgIpc) is 3.07. The molecule has 0 aliphatic carbocycles. The minimum atomic E-state index is 0. The maximum Gasteiger partial charge on any atom is 0.270 e. The molecule has 4 nitrogen and oxygen atoms in total. The van der Waals surface area contributed by atoms with Crippen molar-refractivity contribution in [2.24, 2.45) is 0 Å². The van der Waals surface area contributed by atoms with Crippen LogP contribution in [0.5, 0.6) is 0 Å². The summed E-state index contributed by atoms with van der Waals surface area (Å²) in [4.78, 5) is 15.3. The van der Waals surface area contributed by atoms with Gasteiger partial charge in [0, 0.05) is 31.2 Å². The lowest BCUT2D eigenvalue weighted by Gasteiger charge is -2.18. The second kappa shape index (κ2) is 8.09. The van der Waals surface area contributed by atoms with Gasteiger partial charge < -0.3 is 14.8 Å². The minimum Gasteiger partial charge on any atom is -0.339 e. The molecule has 0 radical (unpaired) electrons. The number of nitrogens with one attached hydrogen (secondary N) is 1. The lowest BCUT2D eigenvalue weighted by molar-refractivity contribution is 0.0787. The molecular formula is C14H20ClN3OS. The van der Waals surface area contributed by atoms with E-state index >= 15 is 0 Å². The summed E-state index contributed by atoms with van der Waals surface area (Å²) < 4.78 is 2.00. The molecular weight excluding hydrogens is 294 g/mol.